The summed E-state index contributed by atoms with van der Waals surface area (Å²) in [6, 6.07) is 7.22. The van der Waals surface area contributed by atoms with E-state index < -0.39 is 0 Å². The summed E-state index contributed by atoms with van der Waals surface area (Å²) in [5.41, 5.74) is 0. The molecule has 0 aliphatic carbocycles. The fourth-order valence-electron chi connectivity index (χ4n) is 2.58. The molecule has 2 atom stereocenters. The van der Waals surface area contributed by atoms with Crippen LogP contribution in [0.4, 0.5) is 0 Å². The van der Waals surface area contributed by atoms with E-state index in [1.54, 1.807) is 17.0 Å². The number of halogens is 1. The molecule has 0 bridgehead atoms. The molecule has 1 aliphatic rings. The molecule has 1 aromatic rings. The van der Waals surface area contributed by atoms with Gasteiger partial charge in [0, 0.05) is 12.1 Å². The van der Waals surface area contributed by atoms with Crippen LogP contribution in [0.25, 0.3) is 0 Å². The van der Waals surface area contributed by atoms with E-state index in [1.165, 1.54) is 0 Å². The lowest BCUT2D eigenvalue weighted by Gasteiger charge is -2.32. The Hall–Kier alpha value is -1.26. The molecule has 1 fully saturated rings. The Balaban J connectivity index is 1.78. The van der Waals surface area contributed by atoms with Gasteiger partial charge in [-0.2, -0.15) is 0 Å². The van der Waals surface area contributed by atoms with Crippen molar-refractivity contribution in [3.8, 4) is 5.75 Å². The highest BCUT2D eigenvalue weighted by molar-refractivity contribution is 6.30. The number of hydrogen-bond acceptors (Lipinski definition) is 3. The first-order valence-corrected chi connectivity index (χ1v) is 7.82. The maximum Gasteiger partial charge on any atom is 0.239 e. The van der Waals surface area contributed by atoms with Gasteiger partial charge in [-0.1, -0.05) is 24.6 Å². The van der Waals surface area contributed by atoms with Gasteiger partial charge in [0.1, 0.15) is 12.4 Å². The van der Waals surface area contributed by atoms with Crippen molar-refractivity contribution in [3.05, 3.63) is 29.3 Å². The molecule has 1 N–H and O–H groups in total. The van der Waals surface area contributed by atoms with Crippen LogP contribution in [0.5, 0.6) is 5.75 Å². The molecule has 2 unspecified atom stereocenters. The molecule has 21 heavy (non-hydrogen) atoms. The Morgan fingerprint density at radius 3 is 3.05 bits per heavy atom. The largest absolute Gasteiger partial charge is 0.492 e. The molecule has 1 aromatic carbocycles. The highest BCUT2D eigenvalue weighted by Gasteiger charge is 2.29. The second kappa shape index (κ2) is 7.66. The maximum atomic E-state index is 12.4. The summed E-state index contributed by atoms with van der Waals surface area (Å²) in [4.78, 5) is 14.1. The lowest BCUT2D eigenvalue weighted by molar-refractivity contribution is -0.134. The third kappa shape index (κ3) is 4.61. The summed E-state index contributed by atoms with van der Waals surface area (Å²) < 4.78 is 5.62. The first-order chi connectivity index (χ1) is 10.1. The number of nitrogens with zero attached hydrogens (tertiary/aromatic N) is 1. The average Bonchev–Trinajstić information content (AvgIpc) is 2.47. The van der Waals surface area contributed by atoms with Gasteiger partial charge >= 0.3 is 0 Å². The summed E-state index contributed by atoms with van der Waals surface area (Å²) in [5, 5.41) is 3.97. The van der Waals surface area contributed by atoms with Gasteiger partial charge in [0.15, 0.2) is 0 Å². The van der Waals surface area contributed by atoms with Crippen molar-refractivity contribution in [1.29, 1.82) is 0 Å². The standard InChI is InChI=1S/C16H23ClN2O2/c1-12-5-4-8-18-15(12)16(20)19(2)9-10-21-14-7-3-6-13(17)11-14/h3,6-7,11-12,15,18H,4-5,8-10H2,1-2H3. The first-order valence-electron chi connectivity index (χ1n) is 7.44. The zero-order valence-electron chi connectivity index (χ0n) is 12.6. The van der Waals surface area contributed by atoms with Gasteiger partial charge in [-0.3, -0.25) is 4.79 Å². The molecule has 2 rings (SSSR count). The van der Waals surface area contributed by atoms with Crippen LogP contribution >= 0.6 is 11.6 Å². The normalized spacial score (nSPS) is 21.9. The molecule has 1 heterocycles. The predicted octanol–water partition coefficient (Wildman–Crippen LogP) is 2.57. The molecule has 0 spiro atoms. The van der Waals surface area contributed by atoms with E-state index in [-0.39, 0.29) is 11.9 Å². The van der Waals surface area contributed by atoms with E-state index in [4.69, 9.17) is 16.3 Å². The van der Waals surface area contributed by atoms with Crippen molar-refractivity contribution >= 4 is 17.5 Å². The third-order valence-corrected chi connectivity index (χ3v) is 4.14. The molecule has 0 radical (unpaired) electrons. The van der Waals surface area contributed by atoms with E-state index in [2.05, 4.69) is 12.2 Å². The Kier molecular flexibility index (Phi) is 5.88. The number of carbonyl (C=O) groups excluding carboxylic acids is 1. The number of piperidine rings is 1. The molecule has 0 saturated carbocycles. The first kappa shape index (κ1) is 16.1. The van der Waals surface area contributed by atoms with Crippen molar-refractivity contribution in [3.63, 3.8) is 0 Å². The topological polar surface area (TPSA) is 41.6 Å². The minimum absolute atomic E-state index is 0.0603. The lowest BCUT2D eigenvalue weighted by Crippen LogP contribution is -2.51. The van der Waals surface area contributed by atoms with Gasteiger partial charge in [-0.05, 0) is 43.5 Å². The van der Waals surface area contributed by atoms with Crippen LogP contribution in [0.3, 0.4) is 0 Å². The molecule has 1 aliphatic heterocycles. The molecular formula is C16H23ClN2O2. The molecule has 116 valence electrons. The van der Waals surface area contributed by atoms with Gasteiger partial charge in [0.25, 0.3) is 0 Å². The quantitative estimate of drug-likeness (QED) is 0.909. The van der Waals surface area contributed by atoms with Gasteiger partial charge < -0.3 is 15.0 Å². The van der Waals surface area contributed by atoms with Crippen LogP contribution in [0.15, 0.2) is 24.3 Å². The number of carbonyl (C=O) groups is 1. The van der Waals surface area contributed by atoms with E-state index in [0.717, 1.165) is 25.1 Å². The Labute approximate surface area is 131 Å². The van der Waals surface area contributed by atoms with Crippen LogP contribution < -0.4 is 10.1 Å². The second-order valence-corrected chi connectivity index (χ2v) is 6.05. The fraction of sp³-hybridized carbons (Fsp3) is 0.562. The molecule has 4 nitrogen and oxygen atoms in total. The SMILES string of the molecule is CC1CCCNC1C(=O)N(C)CCOc1cccc(Cl)c1. The monoisotopic (exact) mass is 310 g/mol. The third-order valence-electron chi connectivity index (χ3n) is 3.90. The van der Waals surface area contributed by atoms with Crippen molar-refractivity contribution in [1.82, 2.24) is 10.2 Å². The number of hydrogen-bond donors (Lipinski definition) is 1. The summed E-state index contributed by atoms with van der Waals surface area (Å²) >= 11 is 5.90. The summed E-state index contributed by atoms with van der Waals surface area (Å²) in [6.45, 7) is 4.08. The highest BCUT2D eigenvalue weighted by Crippen LogP contribution is 2.18. The number of likely N-dealkylation sites (N-methyl/N-ethyl adjacent to an activating group) is 1. The lowest BCUT2D eigenvalue weighted by atomic mass is 9.92. The molecule has 0 aromatic heterocycles. The Bertz CT molecular complexity index is 481. The number of nitrogens with one attached hydrogen (secondary N) is 1. The number of amides is 1. The molecule has 1 amide bonds. The number of ether oxygens (including phenoxy) is 1. The van der Waals surface area contributed by atoms with E-state index in [0.29, 0.717) is 24.1 Å². The van der Waals surface area contributed by atoms with Gasteiger partial charge in [0.2, 0.25) is 5.91 Å². The van der Waals surface area contributed by atoms with Crippen molar-refractivity contribution < 1.29 is 9.53 Å². The summed E-state index contributed by atoms with van der Waals surface area (Å²) in [6.07, 6.45) is 2.25. The fourth-order valence-corrected chi connectivity index (χ4v) is 2.77. The smallest absolute Gasteiger partial charge is 0.239 e. The molecule has 1 saturated heterocycles. The average molecular weight is 311 g/mol. The van der Waals surface area contributed by atoms with Crippen LogP contribution in [-0.2, 0) is 4.79 Å². The number of benzene rings is 1. The molecular weight excluding hydrogens is 288 g/mol. The maximum absolute atomic E-state index is 12.4. The Morgan fingerprint density at radius 1 is 1.52 bits per heavy atom. The van der Waals surface area contributed by atoms with Crippen LogP contribution in [0.1, 0.15) is 19.8 Å². The number of rotatable bonds is 5. The van der Waals surface area contributed by atoms with E-state index in [1.807, 2.05) is 19.2 Å². The van der Waals surface area contributed by atoms with Crippen molar-refractivity contribution in [2.75, 3.05) is 26.7 Å². The minimum Gasteiger partial charge on any atom is -0.492 e. The van der Waals surface area contributed by atoms with Gasteiger partial charge in [-0.15, -0.1) is 0 Å². The van der Waals surface area contributed by atoms with Gasteiger partial charge in [-0.25, -0.2) is 0 Å². The van der Waals surface area contributed by atoms with Crippen molar-refractivity contribution in [2.45, 2.75) is 25.8 Å². The van der Waals surface area contributed by atoms with E-state index >= 15 is 0 Å². The Morgan fingerprint density at radius 2 is 2.33 bits per heavy atom. The molecule has 5 heteroatoms. The van der Waals surface area contributed by atoms with Gasteiger partial charge in [0.05, 0.1) is 12.6 Å². The summed E-state index contributed by atoms with van der Waals surface area (Å²) in [5.74, 6) is 1.27. The highest BCUT2D eigenvalue weighted by atomic mass is 35.5. The van der Waals surface area contributed by atoms with E-state index in [9.17, 15) is 4.79 Å². The zero-order valence-corrected chi connectivity index (χ0v) is 13.4. The van der Waals surface area contributed by atoms with Crippen molar-refractivity contribution in [2.24, 2.45) is 5.92 Å². The van der Waals surface area contributed by atoms with Crippen LogP contribution in [-0.4, -0.2) is 43.6 Å². The zero-order chi connectivity index (χ0) is 15.2. The predicted molar refractivity (Wildman–Crippen MR) is 84.8 cm³/mol. The minimum atomic E-state index is -0.0603. The van der Waals surface area contributed by atoms with Crippen LogP contribution in [0, 0.1) is 5.92 Å². The van der Waals surface area contributed by atoms with Crippen LogP contribution in [0.2, 0.25) is 5.02 Å². The summed E-state index contributed by atoms with van der Waals surface area (Å²) in [7, 11) is 1.83. The second-order valence-electron chi connectivity index (χ2n) is 5.62.